The molecule has 8 nitrogen and oxygen atoms in total. The zero-order valence-corrected chi connectivity index (χ0v) is 11.3. The van der Waals surface area contributed by atoms with Crippen molar-refractivity contribution in [3.63, 3.8) is 0 Å². The van der Waals surface area contributed by atoms with E-state index in [-0.39, 0.29) is 24.7 Å². The van der Waals surface area contributed by atoms with Gasteiger partial charge >= 0.3 is 5.97 Å². The van der Waals surface area contributed by atoms with Crippen LogP contribution in [0.15, 0.2) is 30.5 Å². The lowest BCUT2D eigenvalue weighted by Gasteiger charge is -2.03. The van der Waals surface area contributed by atoms with Crippen molar-refractivity contribution in [1.82, 2.24) is 15.0 Å². The molecule has 2 aromatic rings. The molecule has 1 aromatic heterocycles. The van der Waals surface area contributed by atoms with Gasteiger partial charge in [0.2, 0.25) is 5.91 Å². The van der Waals surface area contributed by atoms with Gasteiger partial charge in [-0.15, -0.1) is 5.10 Å². The second-order valence-corrected chi connectivity index (χ2v) is 4.27. The quantitative estimate of drug-likeness (QED) is 0.804. The zero-order valence-electron chi connectivity index (χ0n) is 11.3. The summed E-state index contributed by atoms with van der Waals surface area (Å²) < 4.78 is 6.16. The van der Waals surface area contributed by atoms with Crippen LogP contribution >= 0.6 is 0 Å². The van der Waals surface area contributed by atoms with Gasteiger partial charge in [-0.3, -0.25) is 9.59 Å². The van der Waals surface area contributed by atoms with Crippen molar-refractivity contribution in [2.75, 3.05) is 12.4 Å². The molecule has 0 bridgehead atoms. The number of amides is 1. The highest BCUT2D eigenvalue weighted by molar-refractivity contribution is 5.91. The lowest BCUT2D eigenvalue weighted by atomic mass is 10.1. The summed E-state index contributed by atoms with van der Waals surface area (Å²) in [5.41, 5.74) is 0.825. The molecule has 0 radical (unpaired) electrons. The predicted octanol–water partition coefficient (Wildman–Crippen LogP) is 0.552. The van der Waals surface area contributed by atoms with Crippen LogP contribution in [0.3, 0.4) is 0 Å². The summed E-state index contributed by atoms with van der Waals surface area (Å²) in [5.74, 6) is -0.357. The lowest BCUT2D eigenvalue weighted by molar-refractivity contribution is -0.137. The average Bonchev–Trinajstić information content (AvgIpc) is 2.85. The molecule has 0 fully saturated rings. The van der Waals surface area contributed by atoms with E-state index in [0.717, 1.165) is 16.0 Å². The number of aliphatic carboxylic acids is 1. The largest absolute Gasteiger partial charge is 0.497 e. The van der Waals surface area contributed by atoms with Gasteiger partial charge in [0.25, 0.3) is 0 Å². The number of hydrogen-bond donors (Lipinski definition) is 2. The van der Waals surface area contributed by atoms with Gasteiger partial charge in [0.05, 0.1) is 19.7 Å². The van der Waals surface area contributed by atoms with Crippen LogP contribution in [0.25, 0.3) is 0 Å². The molecule has 2 rings (SSSR count). The molecule has 1 aromatic carbocycles. The fraction of sp³-hybridized carbons (Fsp3) is 0.231. The lowest BCUT2D eigenvalue weighted by Crippen LogP contribution is -2.14. The summed E-state index contributed by atoms with van der Waals surface area (Å²) in [7, 11) is 1.57. The van der Waals surface area contributed by atoms with Gasteiger partial charge in [-0.25, -0.2) is 4.68 Å². The summed E-state index contributed by atoms with van der Waals surface area (Å²) in [4.78, 5) is 22.3. The highest BCUT2D eigenvalue weighted by Gasteiger charge is 2.08. The Labute approximate surface area is 120 Å². The van der Waals surface area contributed by atoms with E-state index in [1.807, 2.05) is 0 Å². The van der Waals surface area contributed by atoms with Crippen LogP contribution in [0.4, 0.5) is 5.82 Å². The van der Waals surface area contributed by atoms with Gasteiger partial charge in [-0.05, 0) is 17.7 Å². The van der Waals surface area contributed by atoms with Crippen molar-refractivity contribution in [3.05, 3.63) is 36.0 Å². The Hall–Kier alpha value is -2.90. The Balaban J connectivity index is 1.91. The number of ether oxygens (including phenoxy) is 1. The van der Waals surface area contributed by atoms with Crippen molar-refractivity contribution in [3.8, 4) is 5.75 Å². The minimum absolute atomic E-state index is 0.176. The van der Waals surface area contributed by atoms with E-state index < -0.39 is 5.97 Å². The number of carboxylic acids is 1. The molecule has 110 valence electrons. The molecule has 0 unspecified atom stereocenters. The van der Waals surface area contributed by atoms with E-state index in [2.05, 4.69) is 15.6 Å². The third-order valence-electron chi connectivity index (χ3n) is 2.63. The summed E-state index contributed by atoms with van der Waals surface area (Å²) in [6.45, 7) is -0.304. The number of rotatable bonds is 6. The first kappa shape index (κ1) is 14.5. The summed E-state index contributed by atoms with van der Waals surface area (Å²) in [5, 5.41) is 18.4. The number of methoxy groups -OCH3 is 1. The molecule has 0 aliphatic heterocycles. The number of nitrogens with one attached hydrogen (secondary N) is 1. The number of benzene rings is 1. The molecular formula is C13H14N4O4. The second kappa shape index (κ2) is 6.51. The van der Waals surface area contributed by atoms with Crippen LogP contribution in [-0.4, -0.2) is 39.1 Å². The highest BCUT2D eigenvalue weighted by Crippen LogP contribution is 2.12. The van der Waals surface area contributed by atoms with Crippen LogP contribution in [0.2, 0.25) is 0 Å². The van der Waals surface area contributed by atoms with Gasteiger partial charge in [0, 0.05) is 0 Å². The fourth-order valence-corrected chi connectivity index (χ4v) is 1.69. The molecule has 0 saturated heterocycles. The van der Waals surface area contributed by atoms with Gasteiger partial charge < -0.3 is 15.2 Å². The summed E-state index contributed by atoms with van der Waals surface area (Å²) in [6, 6.07) is 7.12. The smallest absolute Gasteiger partial charge is 0.325 e. The van der Waals surface area contributed by atoms with Crippen LogP contribution in [0.1, 0.15) is 5.56 Å². The fourth-order valence-electron chi connectivity index (χ4n) is 1.69. The monoisotopic (exact) mass is 290 g/mol. The third-order valence-corrected chi connectivity index (χ3v) is 2.63. The Morgan fingerprint density at radius 3 is 2.67 bits per heavy atom. The van der Waals surface area contributed by atoms with Gasteiger partial charge in [0.15, 0.2) is 5.82 Å². The topological polar surface area (TPSA) is 106 Å². The predicted molar refractivity (Wildman–Crippen MR) is 73.0 cm³/mol. The molecule has 8 heteroatoms. The van der Waals surface area contributed by atoms with Crippen LogP contribution in [0.5, 0.6) is 5.75 Å². The summed E-state index contributed by atoms with van der Waals surface area (Å²) in [6.07, 6.45) is 1.54. The molecule has 0 saturated carbocycles. The number of hydrogen-bond acceptors (Lipinski definition) is 5. The molecule has 0 spiro atoms. The average molecular weight is 290 g/mol. The van der Waals surface area contributed by atoms with Crippen LogP contribution < -0.4 is 10.1 Å². The maximum Gasteiger partial charge on any atom is 0.325 e. The number of anilines is 1. The van der Waals surface area contributed by atoms with E-state index in [1.165, 1.54) is 6.20 Å². The minimum Gasteiger partial charge on any atom is -0.497 e. The first-order valence-electron chi connectivity index (χ1n) is 6.11. The molecule has 0 atom stereocenters. The maximum atomic E-state index is 11.8. The van der Waals surface area contributed by atoms with Crippen molar-refractivity contribution >= 4 is 17.7 Å². The third kappa shape index (κ3) is 4.30. The molecular weight excluding hydrogens is 276 g/mol. The Bertz CT molecular complexity index is 636. The van der Waals surface area contributed by atoms with Crippen LogP contribution in [0, 0.1) is 0 Å². The number of carbonyl (C=O) groups is 2. The van der Waals surface area contributed by atoms with Crippen LogP contribution in [-0.2, 0) is 22.6 Å². The second-order valence-electron chi connectivity index (χ2n) is 4.27. The van der Waals surface area contributed by atoms with Gasteiger partial charge in [-0.2, -0.15) is 0 Å². The normalized spacial score (nSPS) is 10.1. The Kier molecular flexibility index (Phi) is 4.50. The first-order chi connectivity index (χ1) is 10.1. The number of carbonyl (C=O) groups excluding carboxylic acids is 1. The molecule has 1 amide bonds. The van der Waals surface area contributed by atoms with E-state index in [4.69, 9.17) is 9.84 Å². The molecule has 0 aliphatic carbocycles. The number of nitrogens with zero attached hydrogens (tertiary/aromatic N) is 3. The molecule has 21 heavy (non-hydrogen) atoms. The standard InChI is InChI=1S/C13H14N4O4/c1-21-10-4-2-9(3-5-10)6-12(18)14-11-7-17(16-15-11)8-13(19)20/h2-5,7H,6,8H2,1H3,(H,14,18)(H,19,20). The maximum absolute atomic E-state index is 11.8. The first-order valence-corrected chi connectivity index (χ1v) is 6.11. The molecule has 1 heterocycles. The minimum atomic E-state index is -1.03. The van der Waals surface area contributed by atoms with Crippen molar-refractivity contribution < 1.29 is 19.4 Å². The SMILES string of the molecule is COc1ccc(CC(=O)Nc2cn(CC(=O)O)nn2)cc1. The number of aromatic nitrogens is 3. The van der Waals surface area contributed by atoms with Crippen molar-refractivity contribution in [2.45, 2.75) is 13.0 Å². The summed E-state index contributed by atoms with van der Waals surface area (Å²) >= 11 is 0. The van der Waals surface area contributed by atoms with Crippen molar-refractivity contribution in [1.29, 1.82) is 0 Å². The van der Waals surface area contributed by atoms with E-state index in [0.29, 0.717) is 0 Å². The molecule has 0 aliphatic rings. The van der Waals surface area contributed by atoms with E-state index >= 15 is 0 Å². The van der Waals surface area contributed by atoms with E-state index in [1.54, 1.807) is 31.4 Å². The molecule has 2 N–H and O–H groups in total. The van der Waals surface area contributed by atoms with Gasteiger partial charge in [-0.1, -0.05) is 17.3 Å². The van der Waals surface area contributed by atoms with Crippen molar-refractivity contribution in [2.24, 2.45) is 0 Å². The number of carboxylic acid groups (broad SMARTS) is 1. The zero-order chi connectivity index (χ0) is 15.2. The highest BCUT2D eigenvalue weighted by atomic mass is 16.5. The Morgan fingerprint density at radius 1 is 1.33 bits per heavy atom. The van der Waals surface area contributed by atoms with Gasteiger partial charge in [0.1, 0.15) is 12.3 Å². The van der Waals surface area contributed by atoms with E-state index in [9.17, 15) is 9.59 Å². The Morgan fingerprint density at radius 2 is 2.05 bits per heavy atom.